The number of nitrogens with two attached hydrogens (primary N) is 1. The van der Waals surface area contributed by atoms with Gasteiger partial charge in [0.2, 0.25) is 0 Å². The Balaban J connectivity index is 1.96. The molecule has 2 aromatic rings. The molecule has 0 aliphatic carbocycles. The van der Waals surface area contributed by atoms with Crippen molar-refractivity contribution in [3.05, 3.63) is 46.8 Å². The molecule has 0 unspecified atom stereocenters. The van der Waals surface area contributed by atoms with Crippen LogP contribution in [0.5, 0.6) is 5.75 Å². The van der Waals surface area contributed by atoms with E-state index in [0.29, 0.717) is 11.3 Å². The van der Waals surface area contributed by atoms with E-state index in [1.165, 1.54) is 0 Å². The number of benzene rings is 1. The van der Waals surface area contributed by atoms with Crippen LogP contribution in [0.1, 0.15) is 5.76 Å². The van der Waals surface area contributed by atoms with Gasteiger partial charge in [0, 0.05) is 5.69 Å². The van der Waals surface area contributed by atoms with Crippen LogP contribution in [0.3, 0.4) is 0 Å². The van der Waals surface area contributed by atoms with E-state index in [2.05, 4.69) is 15.9 Å². The Morgan fingerprint density at radius 1 is 1.13 bits per heavy atom. The van der Waals surface area contributed by atoms with Crippen LogP contribution >= 0.6 is 15.9 Å². The van der Waals surface area contributed by atoms with Crippen LogP contribution in [0.25, 0.3) is 0 Å². The highest BCUT2D eigenvalue weighted by Gasteiger charge is 2.00. The van der Waals surface area contributed by atoms with E-state index in [0.717, 1.165) is 17.2 Å². The predicted octanol–water partition coefficient (Wildman–Crippen LogP) is 3.20. The van der Waals surface area contributed by atoms with Crippen molar-refractivity contribution >= 4 is 21.6 Å². The zero-order chi connectivity index (χ0) is 10.7. The van der Waals surface area contributed by atoms with Gasteiger partial charge in [0.1, 0.15) is 18.1 Å². The zero-order valence-electron chi connectivity index (χ0n) is 7.94. The number of hydrogen-bond donors (Lipinski definition) is 1. The summed E-state index contributed by atoms with van der Waals surface area (Å²) in [7, 11) is 0. The number of anilines is 1. The van der Waals surface area contributed by atoms with Crippen molar-refractivity contribution in [1.29, 1.82) is 0 Å². The first-order valence-electron chi connectivity index (χ1n) is 4.46. The molecule has 2 rings (SSSR count). The fourth-order valence-electron chi connectivity index (χ4n) is 1.15. The molecule has 0 saturated carbocycles. The lowest BCUT2D eigenvalue weighted by Gasteiger charge is -2.03. The molecular formula is C11H10BrNO2. The lowest BCUT2D eigenvalue weighted by atomic mass is 10.3. The Morgan fingerprint density at radius 3 is 2.47 bits per heavy atom. The molecule has 4 heteroatoms. The minimum atomic E-state index is 0.412. The number of furan rings is 1. The van der Waals surface area contributed by atoms with Crippen molar-refractivity contribution in [1.82, 2.24) is 0 Å². The molecule has 1 heterocycles. The lowest BCUT2D eigenvalue weighted by Crippen LogP contribution is -1.93. The second-order valence-electron chi connectivity index (χ2n) is 3.06. The van der Waals surface area contributed by atoms with Crippen molar-refractivity contribution in [3.8, 4) is 5.75 Å². The van der Waals surface area contributed by atoms with Crippen molar-refractivity contribution in [3.63, 3.8) is 0 Å². The van der Waals surface area contributed by atoms with Gasteiger partial charge in [0.05, 0.1) is 0 Å². The number of ether oxygens (including phenoxy) is 1. The average Bonchev–Trinajstić information content (AvgIpc) is 2.64. The fourth-order valence-corrected chi connectivity index (χ4v) is 1.49. The van der Waals surface area contributed by atoms with E-state index in [1.54, 1.807) is 12.1 Å². The fraction of sp³-hybridized carbons (Fsp3) is 0.0909. The smallest absolute Gasteiger partial charge is 0.169 e. The van der Waals surface area contributed by atoms with Crippen molar-refractivity contribution in [2.45, 2.75) is 6.61 Å². The zero-order valence-corrected chi connectivity index (χ0v) is 9.53. The molecule has 0 aliphatic rings. The summed E-state index contributed by atoms with van der Waals surface area (Å²) >= 11 is 3.23. The summed E-state index contributed by atoms with van der Waals surface area (Å²) in [6, 6.07) is 10.9. The summed E-state index contributed by atoms with van der Waals surface area (Å²) < 4.78 is 11.5. The number of nitrogen functional groups attached to an aromatic ring is 1. The Kier molecular flexibility index (Phi) is 2.97. The molecule has 0 fully saturated rings. The van der Waals surface area contributed by atoms with Crippen molar-refractivity contribution in [2.24, 2.45) is 0 Å². The maximum absolute atomic E-state index is 5.56. The second-order valence-corrected chi connectivity index (χ2v) is 3.85. The molecule has 78 valence electrons. The van der Waals surface area contributed by atoms with Crippen LogP contribution in [0.15, 0.2) is 45.5 Å². The second kappa shape index (κ2) is 4.40. The third kappa shape index (κ3) is 2.76. The van der Waals surface area contributed by atoms with Crippen molar-refractivity contribution < 1.29 is 9.15 Å². The molecule has 2 N–H and O–H groups in total. The molecule has 15 heavy (non-hydrogen) atoms. The number of halogens is 1. The molecule has 3 nitrogen and oxygen atoms in total. The van der Waals surface area contributed by atoms with Crippen LogP contribution < -0.4 is 10.5 Å². The first-order valence-corrected chi connectivity index (χ1v) is 5.26. The normalized spacial score (nSPS) is 10.2. The third-order valence-electron chi connectivity index (χ3n) is 1.89. The first-order chi connectivity index (χ1) is 7.24. The minimum Gasteiger partial charge on any atom is -0.486 e. The quantitative estimate of drug-likeness (QED) is 0.869. The summed E-state index contributed by atoms with van der Waals surface area (Å²) in [6.07, 6.45) is 0. The monoisotopic (exact) mass is 267 g/mol. The first kappa shape index (κ1) is 10.1. The summed E-state index contributed by atoms with van der Waals surface area (Å²) in [4.78, 5) is 0. The molecule has 0 amide bonds. The topological polar surface area (TPSA) is 48.4 Å². The van der Waals surface area contributed by atoms with E-state index >= 15 is 0 Å². The van der Waals surface area contributed by atoms with Crippen LogP contribution in [0.4, 0.5) is 5.69 Å². The largest absolute Gasteiger partial charge is 0.486 e. The maximum atomic E-state index is 5.56. The molecule has 0 atom stereocenters. The van der Waals surface area contributed by atoms with Crippen LogP contribution in [0, 0.1) is 0 Å². The predicted molar refractivity (Wildman–Crippen MR) is 61.6 cm³/mol. The van der Waals surface area contributed by atoms with E-state index in [9.17, 15) is 0 Å². The summed E-state index contributed by atoms with van der Waals surface area (Å²) in [6.45, 7) is 0.412. The van der Waals surface area contributed by atoms with Gasteiger partial charge in [-0.3, -0.25) is 0 Å². The molecule has 0 spiro atoms. The average molecular weight is 268 g/mol. The van der Waals surface area contributed by atoms with E-state index in [4.69, 9.17) is 14.9 Å². The summed E-state index contributed by atoms with van der Waals surface area (Å²) in [5.74, 6) is 1.55. The van der Waals surface area contributed by atoms with Gasteiger partial charge in [-0.05, 0) is 52.3 Å². The van der Waals surface area contributed by atoms with Crippen LogP contribution in [0.2, 0.25) is 0 Å². The van der Waals surface area contributed by atoms with Gasteiger partial charge in [0.15, 0.2) is 4.67 Å². The molecule has 1 aromatic heterocycles. The lowest BCUT2D eigenvalue weighted by molar-refractivity contribution is 0.268. The van der Waals surface area contributed by atoms with Gasteiger partial charge in [-0.1, -0.05) is 0 Å². The van der Waals surface area contributed by atoms with E-state index in [-0.39, 0.29) is 0 Å². The highest BCUT2D eigenvalue weighted by Crippen LogP contribution is 2.18. The molecule has 0 radical (unpaired) electrons. The van der Waals surface area contributed by atoms with Gasteiger partial charge < -0.3 is 14.9 Å². The Labute approximate surface area is 96.0 Å². The Morgan fingerprint density at radius 2 is 1.87 bits per heavy atom. The molecule has 0 saturated heterocycles. The number of hydrogen-bond acceptors (Lipinski definition) is 3. The van der Waals surface area contributed by atoms with Gasteiger partial charge in [-0.2, -0.15) is 0 Å². The molecule has 1 aromatic carbocycles. The van der Waals surface area contributed by atoms with Crippen molar-refractivity contribution in [2.75, 3.05) is 5.73 Å². The molecule has 0 aliphatic heterocycles. The van der Waals surface area contributed by atoms with Gasteiger partial charge in [0.25, 0.3) is 0 Å². The Hall–Kier alpha value is -1.42. The number of rotatable bonds is 3. The van der Waals surface area contributed by atoms with E-state index in [1.807, 2.05) is 24.3 Å². The third-order valence-corrected chi connectivity index (χ3v) is 2.32. The molecular weight excluding hydrogens is 258 g/mol. The standard InChI is InChI=1S/C11H10BrNO2/c12-11-6-5-10(15-11)7-14-9-3-1-8(13)2-4-9/h1-6H,7,13H2. The van der Waals surface area contributed by atoms with Gasteiger partial charge in [-0.25, -0.2) is 0 Å². The highest BCUT2D eigenvalue weighted by molar-refractivity contribution is 9.10. The minimum absolute atomic E-state index is 0.412. The van der Waals surface area contributed by atoms with Gasteiger partial charge in [-0.15, -0.1) is 0 Å². The SMILES string of the molecule is Nc1ccc(OCc2ccc(Br)o2)cc1. The molecule has 0 bridgehead atoms. The van der Waals surface area contributed by atoms with Gasteiger partial charge >= 0.3 is 0 Å². The highest BCUT2D eigenvalue weighted by atomic mass is 79.9. The summed E-state index contributed by atoms with van der Waals surface area (Å²) in [5.41, 5.74) is 6.28. The maximum Gasteiger partial charge on any atom is 0.169 e. The Bertz CT molecular complexity index is 436. The van der Waals surface area contributed by atoms with Crippen LogP contribution in [-0.4, -0.2) is 0 Å². The van der Waals surface area contributed by atoms with E-state index < -0.39 is 0 Å². The summed E-state index contributed by atoms with van der Waals surface area (Å²) in [5, 5.41) is 0. The van der Waals surface area contributed by atoms with Crippen LogP contribution in [-0.2, 0) is 6.61 Å².